The molecule has 2 fully saturated rings. The molecule has 8 nitrogen and oxygen atoms in total. The highest BCUT2D eigenvalue weighted by molar-refractivity contribution is 6.06. The molecule has 4 rings (SSSR count). The summed E-state index contributed by atoms with van der Waals surface area (Å²) in [6, 6.07) is 14.4. The van der Waals surface area contributed by atoms with E-state index in [1.54, 1.807) is 48.5 Å². The summed E-state index contributed by atoms with van der Waals surface area (Å²) in [5.74, 6) is -0.521. The second-order valence-electron chi connectivity index (χ2n) is 8.04. The van der Waals surface area contributed by atoms with E-state index in [1.807, 2.05) is 6.92 Å². The topological polar surface area (TPSA) is 111 Å². The van der Waals surface area contributed by atoms with Gasteiger partial charge in [-0.05, 0) is 42.3 Å². The fourth-order valence-corrected chi connectivity index (χ4v) is 3.85. The Balaban J connectivity index is 1.22. The number of carbonyl (C=O) groups excluding carboxylic acids is 4. The number of carbonyl (C=O) groups is 4. The van der Waals surface area contributed by atoms with Crippen molar-refractivity contribution in [2.75, 3.05) is 6.61 Å². The second-order valence-corrected chi connectivity index (χ2v) is 8.04. The smallest absolute Gasteiger partial charge is 0.234 e. The van der Waals surface area contributed by atoms with Crippen LogP contribution in [0.1, 0.15) is 49.1 Å². The number of benzene rings is 2. The fourth-order valence-electron chi connectivity index (χ4n) is 3.85. The van der Waals surface area contributed by atoms with Crippen molar-refractivity contribution in [1.82, 2.24) is 10.6 Å². The van der Waals surface area contributed by atoms with Crippen molar-refractivity contribution in [2.24, 2.45) is 0 Å². The minimum Gasteiger partial charge on any atom is -0.493 e. The van der Waals surface area contributed by atoms with E-state index in [0.717, 1.165) is 11.1 Å². The Morgan fingerprint density at radius 1 is 0.781 bits per heavy atom. The zero-order valence-electron chi connectivity index (χ0n) is 17.6. The zero-order valence-corrected chi connectivity index (χ0v) is 17.6. The van der Waals surface area contributed by atoms with E-state index < -0.39 is 11.8 Å². The number of nitrogens with one attached hydrogen (secondary N) is 2. The molecule has 2 aliphatic heterocycles. The zero-order chi connectivity index (χ0) is 22.7. The van der Waals surface area contributed by atoms with Crippen LogP contribution in [0.25, 0.3) is 0 Å². The predicted molar refractivity (Wildman–Crippen MR) is 114 cm³/mol. The van der Waals surface area contributed by atoms with Gasteiger partial charge in [-0.25, -0.2) is 0 Å². The summed E-state index contributed by atoms with van der Waals surface area (Å²) in [5, 5.41) is 4.63. The molecular formula is C24H24N2O6. The maximum absolute atomic E-state index is 11.8. The number of imide groups is 2. The van der Waals surface area contributed by atoms with Gasteiger partial charge in [-0.3, -0.25) is 29.8 Å². The molecular weight excluding hydrogens is 412 g/mol. The molecule has 0 radical (unpaired) electrons. The van der Waals surface area contributed by atoms with Gasteiger partial charge < -0.3 is 9.47 Å². The summed E-state index contributed by atoms with van der Waals surface area (Å²) in [6.07, 6.45) is 0.924. The van der Waals surface area contributed by atoms with Crippen LogP contribution in [0.5, 0.6) is 11.5 Å². The molecule has 2 saturated heterocycles. The van der Waals surface area contributed by atoms with Gasteiger partial charge in [0, 0.05) is 19.3 Å². The molecule has 2 heterocycles. The molecule has 4 amide bonds. The van der Waals surface area contributed by atoms with Crippen LogP contribution in [0.3, 0.4) is 0 Å². The van der Waals surface area contributed by atoms with E-state index in [2.05, 4.69) is 10.6 Å². The maximum atomic E-state index is 11.8. The lowest BCUT2D eigenvalue weighted by atomic mass is 9.97. The third-order valence-corrected chi connectivity index (χ3v) is 5.63. The summed E-state index contributed by atoms with van der Waals surface area (Å²) in [6.45, 7) is 2.39. The lowest BCUT2D eigenvalue weighted by Crippen LogP contribution is -2.21. The first-order valence-electron chi connectivity index (χ1n) is 10.6. The van der Waals surface area contributed by atoms with E-state index in [1.165, 1.54) is 0 Å². The van der Waals surface area contributed by atoms with Crippen LogP contribution in [-0.4, -0.2) is 36.3 Å². The Hall–Kier alpha value is -3.68. The van der Waals surface area contributed by atoms with Crippen molar-refractivity contribution in [3.8, 4) is 11.5 Å². The summed E-state index contributed by atoms with van der Waals surface area (Å²) in [4.78, 5) is 46.3. The minimum atomic E-state index is -0.433. The Bertz CT molecular complexity index is 1030. The molecule has 0 spiro atoms. The molecule has 2 aromatic rings. The first-order chi connectivity index (χ1) is 15.4. The molecule has 2 aliphatic rings. The van der Waals surface area contributed by atoms with Gasteiger partial charge in [-0.2, -0.15) is 0 Å². The third-order valence-electron chi connectivity index (χ3n) is 5.63. The molecule has 3 atom stereocenters. The fraction of sp³-hybridized carbons (Fsp3) is 0.333. The van der Waals surface area contributed by atoms with E-state index in [4.69, 9.17) is 9.47 Å². The molecule has 3 unspecified atom stereocenters. The van der Waals surface area contributed by atoms with Gasteiger partial charge >= 0.3 is 0 Å². The second kappa shape index (κ2) is 9.21. The Kier molecular flexibility index (Phi) is 6.20. The van der Waals surface area contributed by atoms with E-state index in [9.17, 15) is 19.2 Å². The summed E-state index contributed by atoms with van der Waals surface area (Å²) < 4.78 is 11.7. The van der Waals surface area contributed by atoms with E-state index in [-0.39, 0.29) is 42.6 Å². The number of amides is 4. The number of hydrogen-bond donors (Lipinski definition) is 2. The average molecular weight is 436 g/mol. The normalized spacial score (nSPS) is 21.3. The van der Waals surface area contributed by atoms with Crippen molar-refractivity contribution >= 4 is 23.6 Å². The largest absolute Gasteiger partial charge is 0.493 e. The molecule has 166 valence electrons. The summed E-state index contributed by atoms with van der Waals surface area (Å²) in [5.41, 5.74) is 1.58. The molecule has 2 N–H and O–H groups in total. The van der Waals surface area contributed by atoms with Gasteiger partial charge in [-0.1, -0.05) is 24.3 Å². The Labute approximate surface area is 185 Å². The highest BCUT2D eigenvalue weighted by Crippen LogP contribution is 2.27. The van der Waals surface area contributed by atoms with Crippen LogP contribution >= 0.6 is 0 Å². The van der Waals surface area contributed by atoms with Crippen LogP contribution in [0.15, 0.2) is 48.5 Å². The molecule has 0 aliphatic carbocycles. The van der Waals surface area contributed by atoms with Crippen molar-refractivity contribution < 1.29 is 28.7 Å². The molecule has 0 aromatic heterocycles. The molecule has 8 heteroatoms. The average Bonchev–Trinajstić information content (AvgIpc) is 3.28. The number of rotatable bonds is 8. The van der Waals surface area contributed by atoms with E-state index >= 15 is 0 Å². The van der Waals surface area contributed by atoms with Crippen molar-refractivity contribution in [3.05, 3.63) is 59.7 Å². The predicted octanol–water partition coefficient (Wildman–Crippen LogP) is 2.18. The van der Waals surface area contributed by atoms with Gasteiger partial charge in [0.15, 0.2) is 0 Å². The van der Waals surface area contributed by atoms with Crippen molar-refractivity contribution in [3.63, 3.8) is 0 Å². The number of hydrogen-bond acceptors (Lipinski definition) is 6. The maximum Gasteiger partial charge on any atom is 0.234 e. The monoisotopic (exact) mass is 436 g/mol. The summed E-state index contributed by atoms with van der Waals surface area (Å²) >= 11 is 0. The Morgan fingerprint density at radius 3 is 1.69 bits per heavy atom. The standard InChI is InChI=1S/C24H24N2O6/c1-14(32-18-8-4-16(5-9-18)20-13-22(28)26-24(20)30)10-11-31-17-6-2-15(3-7-17)19-12-21(27)25-23(19)29/h2-9,14,19-20H,10-13H2,1H3,(H,25,27,29)(H,26,28,30). The van der Waals surface area contributed by atoms with Crippen molar-refractivity contribution in [1.29, 1.82) is 0 Å². The highest BCUT2D eigenvalue weighted by atomic mass is 16.5. The minimum absolute atomic E-state index is 0.0929. The van der Waals surface area contributed by atoms with Gasteiger partial charge in [0.1, 0.15) is 11.5 Å². The lowest BCUT2D eigenvalue weighted by molar-refractivity contribution is -0.126. The molecule has 0 bridgehead atoms. The van der Waals surface area contributed by atoms with Crippen LogP contribution < -0.4 is 20.1 Å². The quantitative estimate of drug-likeness (QED) is 0.614. The third kappa shape index (κ3) is 4.96. The van der Waals surface area contributed by atoms with Crippen LogP contribution in [0, 0.1) is 0 Å². The molecule has 2 aromatic carbocycles. The molecule has 0 saturated carbocycles. The first kappa shape index (κ1) is 21.5. The SMILES string of the molecule is CC(CCOc1ccc(C2CC(=O)NC2=O)cc1)Oc1ccc(C2CC(=O)NC2=O)cc1. The van der Waals surface area contributed by atoms with Crippen LogP contribution in [-0.2, 0) is 19.2 Å². The molecule has 32 heavy (non-hydrogen) atoms. The van der Waals surface area contributed by atoms with Crippen molar-refractivity contribution in [2.45, 2.75) is 44.1 Å². The van der Waals surface area contributed by atoms with Crippen LogP contribution in [0.4, 0.5) is 0 Å². The summed E-state index contributed by atoms with van der Waals surface area (Å²) in [7, 11) is 0. The van der Waals surface area contributed by atoms with E-state index in [0.29, 0.717) is 24.5 Å². The highest BCUT2D eigenvalue weighted by Gasteiger charge is 2.32. The lowest BCUT2D eigenvalue weighted by Gasteiger charge is -2.16. The van der Waals surface area contributed by atoms with Gasteiger partial charge in [0.05, 0.1) is 24.5 Å². The van der Waals surface area contributed by atoms with Gasteiger partial charge in [-0.15, -0.1) is 0 Å². The Morgan fingerprint density at radius 2 is 1.25 bits per heavy atom. The number of ether oxygens (including phenoxy) is 2. The van der Waals surface area contributed by atoms with Gasteiger partial charge in [0.25, 0.3) is 0 Å². The van der Waals surface area contributed by atoms with Gasteiger partial charge in [0.2, 0.25) is 23.6 Å². The van der Waals surface area contributed by atoms with Crippen LogP contribution in [0.2, 0.25) is 0 Å². The first-order valence-corrected chi connectivity index (χ1v) is 10.6.